The van der Waals surface area contributed by atoms with Crippen LogP contribution in [0.5, 0.6) is 0 Å². The average molecular weight is 265 g/mol. The first-order valence-electron chi connectivity index (χ1n) is 8.88. The van der Waals surface area contributed by atoms with Gasteiger partial charge in [-0.15, -0.1) is 0 Å². The molecule has 0 spiro atoms. The van der Waals surface area contributed by atoms with E-state index in [2.05, 4.69) is 26.2 Å². The van der Waals surface area contributed by atoms with Crippen LogP contribution in [0.3, 0.4) is 0 Å². The number of hydrogen-bond donors (Lipinski definition) is 1. The molecule has 0 radical (unpaired) electrons. The summed E-state index contributed by atoms with van der Waals surface area (Å²) in [5, 5.41) is 3.64. The fourth-order valence-electron chi connectivity index (χ4n) is 4.64. The van der Waals surface area contributed by atoms with Gasteiger partial charge in [-0.2, -0.15) is 0 Å². The molecule has 1 N–H and O–H groups in total. The van der Waals surface area contributed by atoms with Gasteiger partial charge < -0.3 is 5.32 Å². The van der Waals surface area contributed by atoms with Crippen molar-refractivity contribution in [2.45, 2.75) is 84.1 Å². The van der Waals surface area contributed by atoms with Crippen molar-refractivity contribution in [3.63, 3.8) is 0 Å². The van der Waals surface area contributed by atoms with Gasteiger partial charge in [0.2, 0.25) is 0 Å². The zero-order chi connectivity index (χ0) is 13.7. The molecule has 0 aromatic carbocycles. The average Bonchev–Trinajstić information content (AvgIpc) is 2.43. The van der Waals surface area contributed by atoms with Crippen LogP contribution >= 0.6 is 0 Å². The second-order valence-electron chi connectivity index (χ2n) is 7.60. The van der Waals surface area contributed by atoms with Crippen LogP contribution in [0, 0.1) is 23.7 Å². The predicted molar refractivity (Wildman–Crippen MR) is 84.3 cm³/mol. The number of rotatable bonds is 6. The maximum Gasteiger partial charge on any atom is 0.00924 e. The van der Waals surface area contributed by atoms with Crippen molar-refractivity contribution in [1.29, 1.82) is 0 Å². The molecule has 0 aromatic heterocycles. The van der Waals surface area contributed by atoms with Gasteiger partial charge in [-0.3, -0.25) is 0 Å². The molecule has 0 amide bonds. The molecule has 2 rings (SSSR count). The normalized spacial score (nSPS) is 33.2. The van der Waals surface area contributed by atoms with Crippen molar-refractivity contribution in [3.8, 4) is 0 Å². The van der Waals surface area contributed by atoms with Gasteiger partial charge in [0.25, 0.3) is 0 Å². The van der Waals surface area contributed by atoms with Crippen molar-refractivity contribution in [2.24, 2.45) is 23.7 Å². The molecule has 4 atom stereocenters. The maximum atomic E-state index is 3.64. The summed E-state index contributed by atoms with van der Waals surface area (Å²) in [6.45, 7) is 4.70. The molecular weight excluding hydrogens is 230 g/mol. The van der Waals surface area contributed by atoms with Crippen molar-refractivity contribution in [2.75, 3.05) is 7.05 Å². The van der Waals surface area contributed by atoms with Crippen molar-refractivity contribution < 1.29 is 0 Å². The molecule has 112 valence electrons. The molecule has 2 saturated carbocycles. The Balaban J connectivity index is 1.78. The summed E-state index contributed by atoms with van der Waals surface area (Å²) in [4.78, 5) is 0. The van der Waals surface area contributed by atoms with Crippen LogP contribution in [0.1, 0.15) is 78.1 Å². The minimum absolute atomic E-state index is 0.793. The van der Waals surface area contributed by atoms with E-state index in [1.54, 1.807) is 0 Å². The number of nitrogens with one attached hydrogen (secondary N) is 1. The summed E-state index contributed by atoms with van der Waals surface area (Å²) >= 11 is 0. The lowest BCUT2D eigenvalue weighted by atomic mass is 9.65. The fraction of sp³-hybridized carbons (Fsp3) is 1.00. The smallest absolute Gasteiger partial charge is 0.00924 e. The van der Waals surface area contributed by atoms with E-state index >= 15 is 0 Å². The summed E-state index contributed by atoms with van der Waals surface area (Å²) in [6.07, 6.45) is 14.8. The Morgan fingerprint density at radius 1 is 0.947 bits per heavy atom. The van der Waals surface area contributed by atoms with Gasteiger partial charge in [0.05, 0.1) is 0 Å². The van der Waals surface area contributed by atoms with Crippen LogP contribution in [0.4, 0.5) is 0 Å². The van der Waals surface area contributed by atoms with Gasteiger partial charge in [-0.05, 0) is 56.4 Å². The van der Waals surface area contributed by atoms with Crippen LogP contribution in [0.2, 0.25) is 0 Å². The molecule has 0 saturated heterocycles. The Labute approximate surface area is 120 Å². The molecule has 1 nitrogen and oxygen atoms in total. The van der Waals surface area contributed by atoms with Gasteiger partial charge in [-0.25, -0.2) is 0 Å². The summed E-state index contributed by atoms with van der Waals surface area (Å²) in [5.41, 5.74) is 0. The molecule has 0 aliphatic heterocycles. The minimum atomic E-state index is 0.793. The second-order valence-corrected chi connectivity index (χ2v) is 7.60. The first-order chi connectivity index (χ1) is 9.20. The highest BCUT2D eigenvalue weighted by Crippen LogP contribution is 2.44. The van der Waals surface area contributed by atoms with Crippen LogP contribution in [-0.2, 0) is 0 Å². The summed E-state index contributed by atoms with van der Waals surface area (Å²) < 4.78 is 0. The van der Waals surface area contributed by atoms with Crippen molar-refractivity contribution in [3.05, 3.63) is 0 Å². The standard InChI is InChI=1S/C18H35N/c1-14(2)7-6-10-18(19-3)17-12-11-15-8-4-5-9-16(15)13-17/h14-19H,4-13H2,1-3H3. The van der Waals surface area contributed by atoms with Crippen molar-refractivity contribution >= 4 is 0 Å². The quantitative estimate of drug-likeness (QED) is 0.712. The minimum Gasteiger partial charge on any atom is -0.317 e. The Kier molecular flexibility index (Phi) is 6.19. The van der Waals surface area contributed by atoms with Gasteiger partial charge >= 0.3 is 0 Å². The van der Waals surface area contributed by atoms with E-state index in [4.69, 9.17) is 0 Å². The highest BCUT2D eigenvalue weighted by atomic mass is 14.9. The summed E-state index contributed by atoms with van der Waals surface area (Å²) in [6, 6.07) is 0.793. The van der Waals surface area contributed by atoms with Gasteiger partial charge in [0, 0.05) is 6.04 Å². The lowest BCUT2D eigenvalue weighted by molar-refractivity contribution is 0.108. The fourth-order valence-corrected chi connectivity index (χ4v) is 4.64. The van der Waals surface area contributed by atoms with Crippen LogP contribution < -0.4 is 5.32 Å². The first-order valence-corrected chi connectivity index (χ1v) is 8.88. The van der Waals surface area contributed by atoms with E-state index in [9.17, 15) is 0 Å². The molecule has 2 aliphatic rings. The lowest BCUT2D eigenvalue weighted by Crippen LogP contribution is -2.39. The lowest BCUT2D eigenvalue weighted by Gasteiger charge is -2.42. The first kappa shape index (κ1) is 15.4. The second kappa shape index (κ2) is 7.67. The zero-order valence-electron chi connectivity index (χ0n) is 13.5. The van der Waals surface area contributed by atoms with Gasteiger partial charge in [0.1, 0.15) is 0 Å². The monoisotopic (exact) mass is 265 g/mol. The Morgan fingerprint density at radius 2 is 1.68 bits per heavy atom. The molecule has 19 heavy (non-hydrogen) atoms. The molecule has 1 heteroatoms. The number of fused-ring (bicyclic) bond motifs is 1. The molecule has 4 unspecified atom stereocenters. The van der Waals surface area contributed by atoms with Crippen molar-refractivity contribution in [1.82, 2.24) is 5.32 Å². The third kappa shape index (κ3) is 4.48. The van der Waals surface area contributed by atoms with E-state index in [0.717, 1.165) is 29.7 Å². The Bertz CT molecular complexity index is 248. The highest BCUT2D eigenvalue weighted by Gasteiger charge is 2.34. The molecule has 0 aromatic rings. The Morgan fingerprint density at radius 3 is 2.37 bits per heavy atom. The predicted octanol–water partition coefficient (Wildman–Crippen LogP) is 5.01. The zero-order valence-corrected chi connectivity index (χ0v) is 13.5. The van der Waals surface area contributed by atoms with E-state index in [0.29, 0.717) is 0 Å². The Hall–Kier alpha value is -0.0400. The van der Waals surface area contributed by atoms with E-state index in [1.165, 1.54) is 64.2 Å². The largest absolute Gasteiger partial charge is 0.317 e. The van der Waals surface area contributed by atoms with E-state index in [1.807, 2.05) is 0 Å². The molecular formula is C18H35N. The number of hydrogen-bond acceptors (Lipinski definition) is 1. The molecule has 0 bridgehead atoms. The SMILES string of the molecule is CNC(CCCC(C)C)C1CCC2CCCCC2C1. The van der Waals surface area contributed by atoms with E-state index < -0.39 is 0 Å². The topological polar surface area (TPSA) is 12.0 Å². The van der Waals surface area contributed by atoms with Gasteiger partial charge in [-0.1, -0.05) is 52.4 Å². The third-order valence-corrected chi connectivity index (χ3v) is 5.82. The molecule has 2 fully saturated rings. The maximum absolute atomic E-state index is 3.64. The third-order valence-electron chi connectivity index (χ3n) is 5.82. The summed E-state index contributed by atoms with van der Waals surface area (Å²) in [5.74, 6) is 4.01. The highest BCUT2D eigenvalue weighted by molar-refractivity contribution is 4.87. The van der Waals surface area contributed by atoms with Gasteiger partial charge in [0.15, 0.2) is 0 Å². The van der Waals surface area contributed by atoms with Crippen LogP contribution in [-0.4, -0.2) is 13.1 Å². The van der Waals surface area contributed by atoms with Crippen LogP contribution in [0.15, 0.2) is 0 Å². The molecule has 0 heterocycles. The van der Waals surface area contributed by atoms with Crippen LogP contribution in [0.25, 0.3) is 0 Å². The molecule has 2 aliphatic carbocycles. The van der Waals surface area contributed by atoms with E-state index in [-0.39, 0.29) is 0 Å². The summed E-state index contributed by atoms with van der Waals surface area (Å²) in [7, 11) is 2.19.